The Morgan fingerprint density at radius 1 is 1.53 bits per heavy atom. The molecular formula is C9H11ClN2O3S2. The highest BCUT2D eigenvalue weighted by molar-refractivity contribution is 7.99. The number of sulfonamides is 1. The van der Waals surface area contributed by atoms with Gasteiger partial charge < -0.3 is 4.98 Å². The maximum atomic E-state index is 12.0. The largest absolute Gasteiger partial charge is 0.326 e. The Bertz CT molecular complexity index is 564. The zero-order chi connectivity index (χ0) is 12.5. The third-order valence-corrected chi connectivity index (χ3v) is 5.34. The molecule has 2 heterocycles. The molecule has 17 heavy (non-hydrogen) atoms. The molecule has 1 atom stereocenters. The Morgan fingerprint density at radius 2 is 2.29 bits per heavy atom. The summed E-state index contributed by atoms with van der Waals surface area (Å²) in [5, 5.41) is -0.131. The van der Waals surface area contributed by atoms with Gasteiger partial charge in [-0.25, -0.2) is 13.1 Å². The third-order valence-electron chi connectivity index (χ3n) is 2.39. The molecule has 0 amide bonds. The highest BCUT2D eigenvalue weighted by Crippen LogP contribution is 2.19. The molecular weight excluding hydrogens is 284 g/mol. The molecule has 0 aromatic carbocycles. The molecule has 8 heteroatoms. The van der Waals surface area contributed by atoms with E-state index in [2.05, 4.69) is 9.71 Å². The SMILES string of the molecule is O=c1[nH]cc(S(=O)(=O)NC2CCSC2)cc1Cl. The van der Waals surface area contributed by atoms with E-state index in [1.165, 1.54) is 0 Å². The van der Waals surface area contributed by atoms with Crippen molar-refractivity contribution in [2.45, 2.75) is 17.4 Å². The standard InChI is InChI=1S/C9H11ClN2O3S2/c10-8-3-7(4-11-9(8)13)17(14,15)12-6-1-2-16-5-6/h3-4,6,12H,1-2,5H2,(H,11,13). The number of pyridine rings is 1. The number of hydrogen-bond donors (Lipinski definition) is 2. The molecule has 1 aliphatic heterocycles. The zero-order valence-electron chi connectivity index (χ0n) is 8.77. The van der Waals surface area contributed by atoms with Crippen molar-refractivity contribution >= 4 is 33.4 Å². The third kappa shape index (κ3) is 3.04. The summed E-state index contributed by atoms with van der Waals surface area (Å²) in [6, 6.07) is 1.11. The molecule has 2 rings (SSSR count). The Hall–Kier alpha value is -0.500. The lowest BCUT2D eigenvalue weighted by Gasteiger charge is -2.11. The lowest BCUT2D eigenvalue weighted by Crippen LogP contribution is -2.34. The number of nitrogens with one attached hydrogen (secondary N) is 2. The number of aromatic nitrogens is 1. The maximum Gasteiger partial charge on any atom is 0.266 e. The first-order valence-corrected chi connectivity index (χ1v) is 7.99. The van der Waals surface area contributed by atoms with Gasteiger partial charge in [0.15, 0.2) is 0 Å². The molecule has 0 radical (unpaired) electrons. The van der Waals surface area contributed by atoms with Gasteiger partial charge in [-0.15, -0.1) is 0 Å². The molecule has 0 aliphatic carbocycles. The van der Waals surface area contributed by atoms with Crippen LogP contribution in [-0.2, 0) is 10.0 Å². The Morgan fingerprint density at radius 3 is 2.88 bits per heavy atom. The monoisotopic (exact) mass is 294 g/mol. The first-order valence-electron chi connectivity index (χ1n) is 4.97. The van der Waals surface area contributed by atoms with Crippen LogP contribution >= 0.6 is 23.4 Å². The van der Waals surface area contributed by atoms with E-state index < -0.39 is 15.6 Å². The van der Waals surface area contributed by atoms with Crippen molar-refractivity contribution in [1.29, 1.82) is 0 Å². The lowest BCUT2D eigenvalue weighted by atomic mass is 10.3. The second kappa shape index (κ2) is 5.01. The van der Waals surface area contributed by atoms with Gasteiger partial charge in [0.2, 0.25) is 10.0 Å². The van der Waals surface area contributed by atoms with Crippen LogP contribution in [0, 0.1) is 0 Å². The Labute approximate surface area is 108 Å². The van der Waals surface area contributed by atoms with Gasteiger partial charge in [0.25, 0.3) is 5.56 Å². The molecule has 1 aromatic heterocycles. The van der Waals surface area contributed by atoms with E-state index in [9.17, 15) is 13.2 Å². The van der Waals surface area contributed by atoms with E-state index in [1.807, 2.05) is 0 Å². The van der Waals surface area contributed by atoms with Crippen LogP contribution in [0.2, 0.25) is 5.02 Å². The maximum absolute atomic E-state index is 12.0. The van der Waals surface area contributed by atoms with Gasteiger partial charge in [0.05, 0.1) is 4.90 Å². The minimum atomic E-state index is -3.60. The van der Waals surface area contributed by atoms with Gasteiger partial charge in [0.1, 0.15) is 5.02 Å². The summed E-state index contributed by atoms with van der Waals surface area (Å²) in [6.07, 6.45) is 1.97. The molecule has 1 unspecified atom stereocenters. The summed E-state index contributed by atoms with van der Waals surface area (Å²) in [4.78, 5) is 13.3. The second-order valence-electron chi connectivity index (χ2n) is 3.69. The summed E-state index contributed by atoms with van der Waals surface area (Å²) in [6.45, 7) is 0. The summed E-state index contributed by atoms with van der Waals surface area (Å²) in [5.41, 5.74) is -0.498. The van der Waals surface area contributed by atoms with E-state index in [-0.39, 0.29) is 16.0 Å². The number of rotatable bonds is 3. The number of H-pyrrole nitrogens is 1. The van der Waals surface area contributed by atoms with Crippen LogP contribution in [0.3, 0.4) is 0 Å². The van der Waals surface area contributed by atoms with Gasteiger partial charge in [-0.2, -0.15) is 11.8 Å². The van der Waals surface area contributed by atoms with Crippen molar-refractivity contribution in [2.24, 2.45) is 0 Å². The van der Waals surface area contributed by atoms with Crippen LogP contribution in [0.5, 0.6) is 0 Å². The number of halogens is 1. The van der Waals surface area contributed by atoms with Crippen molar-refractivity contribution in [3.8, 4) is 0 Å². The first-order chi connectivity index (χ1) is 7.99. The summed E-state index contributed by atoms with van der Waals surface area (Å²) >= 11 is 7.31. The fourth-order valence-corrected chi connectivity index (χ4v) is 4.27. The molecule has 94 valence electrons. The molecule has 0 spiro atoms. The van der Waals surface area contributed by atoms with E-state index in [1.54, 1.807) is 11.8 Å². The Balaban J connectivity index is 2.24. The molecule has 1 saturated heterocycles. The van der Waals surface area contributed by atoms with Gasteiger partial charge in [-0.1, -0.05) is 11.6 Å². The molecule has 0 bridgehead atoms. The number of thioether (sulfide) groups is 1. The average Bonchev–Trinajstić information content (AvgIpc) is 2.73. The predicted molar refractivity (Wildman–Crippen MR) is 68.1 cm³/mol. The van der Waals surface area contributed by atoms with Crippen LogP contribution in [0.25, 0.3) is 0 Å². The van der Waals surface area contributed by atoms with Crippen molar-refractivity contribution in [3.05, 3.63) is 27.6 Å². The smallest absolute Gasteiger partial charge is 0.266 e. The molecule has 1 fully saturated rings. The average molecular weight is 295 g/mol. The highest BCUT2D eigenvalue weighted by atomic mass is 35.5. The quantitative estimate of drug-likeness (QED) is 0.865. The van der Waals surface area contributed by atoms with Gasteiger partial charge in [-0.3, -0.25) is 4.79 Å². The van der Waals surface area contributed by atoms with Crippen LogP contribution < -0.4 is 10.3 Å². The molecule has 1 aromatic rings. The summed E-state index contributed by atoms with van der Waals surface area (Å²) in [7, 11) is -3.60. The van der Waals surface area contributed by atoms with Crippen molar-refractivity contribution < 1.29 is 8.42 Å². The molecule has 0 saturated carbocycles. The molecule has 1 aliphatic rings. The van der Waals surface area contributed by atoms with Crippen LogP contribution in [0.1, 0.15) is 6.42 Å². The first kappa shape index (κ1) is 12.9. The lowest BCUT2D eigenvalue weighted by molar-refractivity contribution is 0.562. The highest BCUT2D eigenvalue weighted by Gasteiger charge is 2.23. The summed E-state index contributed by atoms with van der Waals surface area (Å²) in [5.74, 6) is 1.73. The van der Waals surface area contributed by atoms with E-state index in [0.29, 0.717) is 0 Å². The van der Waals surface area contributed by atoms with Gasteiger partial charge >= 0.3 is 0 Å². The fraction of sp³-hybridized carbons (Fsp3) is 0.444. The second-order valence-corrected chi connectivity index (χ2v) is 6.97. The Kier molecular flexibility index (Phi) is 3.82. The van der Waals surface area contributed by atoms with Crippen LogP contribution in [0.15, 0.2) is 22.0 Å². The van der Waals surface area contributed by atoms with Crippen molar-refractivity contribution in [1.82, 2.24) is 9.71 Å². The van der Waals surface area contributed by atoms with E-state index in [4.69, 9.17) is 11.6 Å². The van der Waals surface area contributed by atoms with E-state index in [0.717, 1.165) is 30.2 Å². The number of aromatic amines is 1. The molecule has 2 N–H and O–H groups in total. The van der Waals surface area contributed by atoms with Gasteiger partial charge in [-0.05, 0) is 18.2 Å². The normalized spacial score (nSPS) is 20.6. The minimum Gasteiger partial charge on any atom is -0.326 e. The zero-order valence-corrected chi connectivity index (χ0v) is 11.2. The van der Waals surface area contributed by atoms with Crippen molar-refractivity contribution in [2.75, 3.05) is 11.5 Å². The fourth-order valence-electron chi connectivity index (χ4n) is 1.51. The van der Waals surface area contributed by atoms with Crippen LogP contribution in [-0.4, -0.2) is 30.9 Å². The topological polar surface area (TPSA) is 79.0 Å². The summed E-state index contributed by atoms with van der Waals surface area (Å²) < 4.78 is 26.5. The van der Waals surface area contributed by atoms with E-state index >= 15 is 0 Å². The predicted octanol–water partition coefficient (Wildman–Crippen LogP) is 0.812. The van der Waals surface area contributed by atoms with Crippen molar-refractivity contribution in [3.63, 3.8) is 0 Å². The minimum absolute atomic E-state index is 0.0148. The van der Waals surface area contributed by atoms with Gasteiger partial charge in [0, 0.05) is 18.0 Å². The number of hydrogen-bond acceptors (Lipinski definition) is 4. The van der Waals surface area contributed by atoms with Crippen LogP contribution in [0.4, 0.5) is 0 Å². The molecule has 5 nitrogen and oxygen atoms in total.